The number of fused-ring (bicyclic) bond motifs is 1. The third-order valence-electron chi connectivity index (χ3n) is 4.55. The van der Waals surface area contributed by atoms with Gasteiger partial charge in [-0.05, 0) is 30.5 Å². The molecule has 0 bridgehead atoms. The van der Waals surface area contributed by atoms with Gasteiger partial charge in [0.2, 0.25) is 5.95 Å². The lowest BCUT2D eigenvalue weighted by Crippen LogP contribution is -1.98. The van der Waals surface area contributed by atoms with E-state index < -0.39 is 0 Å². The lowest BCUT2D eigenvalue weighted by molar-refractivity contribution is 0.642. The molecule has 0 unspecified atom stereocenters. The zero-order chi connectivity index (χ0) is 17.7. The van der Waals surface area contributed by atoms with Crippen LogP contribution in [0.5, 0.6) is 0 Å². The highest BCUT2D eigenvalue weighted by molar-refractivity contribution is 5.94. The van der Waals surface area contributed by atoms with Crippen molar-refractivity contribution in [3.05, 3.63) is 43.1 Å². The maximum atomic E-state index is 6.21. The largest absolute Gasteiger partial charge is 0.398 e. The molecular weight excluding hydrogens is 328 g/mol. The number of nitrogens with zero attached hydrogens (tertiary/aromatic N) is 6. The van der Waals surface area contributed by atoms with E-state index >= 15 is 0 Å². The van der Waals surface area contributed by atoms with Crippen LogP contribution < -0.4 is 11.1 Å². The Balaban J connectivity index is 1.50. The van der Waals surface area contributed by atoms with Crippen LogP contribution in [0.3, 0.4) is 0 Å². The Morgan fingerprint density at radius 1 is 1.08 bits per heavy atom. The molecule has 3 aromatic heterocycles. The fourth-order valence-corrected chi connectivity index (χ4v) is 3.03. The molecule has 1 aromatic carbocycles. The quantitative estimate of drug-likeness (QED) is 0.551. The van der Waals surface area contributed by atoms with E-state index in [1.54, 1.807) is 17.1 Å². The van der Waals surface area contributed by atoms with Crippen LogP contribution in [0.4, 0.5) is 17.3 Å². The second-order valence-electron chi connectivity index (χ2n) is 6.66. The van der Waals surface area contributed by atoms with Crippen molar-refractivity contribution >= 4 is 28.2 Å². The molecule has 8 nitrogen and oxygen atoms in total. The Bertz CT molecular complexity index is 1110. The van der Waals surface area contributed by atoms with Crippen molar-refractivity contribution in [2.24, 2.45) is 7.05 Å². The van der Waals surface area contributed by atoms with E-state index in [4.69, 9.17) is 5.73 Å². The highest BCUT2D eigenvalue weighted by Gasteiger charge is 2.24. The van der Waals surface area contributed by atoms with E-state index in [-0.39, 0.29) is 0 Å². The third-order valence-corrected chi connectivity index (χ3v) is 4.55. The monoisotopic (exact) mass is 346 g/mol. The number of nitrogens with one attached hydrogen (secondary N) is 1. The lowest BCUT2D eigenvalue weighted by atomic mass is 10.1. The number of rotatable bonds is 4. The molecule has 0 saturated heterocycles. The maximum Gasteiger partial charge on any atom is 0.227 e. The molecule has 3 heterocycles. The molecule has 0 spiro atoms. The van der Waals surface area contributed by atoms with E-state index in [1.807, 2.05) is 42.5 Å². The van der Waals surface area contributed by atoms with Crippen molar-refractivity contribution in [3.8, 4) is 11.1 Å². The van der Waals surface area contributed by atoms with Gasteiger partial charge in [0.25, 0.3) is 0 Å². The molecule has 4 aromatic rings. The predicted molar refractivity (Wildman–Crippen MR) is 99.9 cm³/mol. The van der Waals surface area contributed by atoms with Gasteiger partial charge in [0.05, 0.1) is 29.6 Å². The minimum atomic E-state index is 0.524. The molecule has 0 radical (unpaired) electrons. The van der Waals surface area contributed by atoms with Crippen LogP contribution in [0.15, 0.2) is 43.1 Å². The number of benzene rings is 1. The average Bonchev–Trinajstić information content (AvgIpc) is 3.22. The summed E-state index contributed by atoms with van der Waals surface area (Å²) in [5.41, 5.74) is 10.5. The molecule has 1 saturated carbocycles. The van der Waals surface area contributed by atoms with Gasteiger partial charge in [-0.2, -0.15) is 10.2 Å². The van der Waals surface area contributed by atoms with Gasteiger partial charge in [-0.3, -0.25) is 9.36 Å². The summed E-state index contributed by atoms with van der Waals surface area (Å²) in [5, 5.41) is 12.6. The van der Waals surface area contributed by atoms with E-state index in [0.29, 0.717) is 17.7 Å². The summed E-state index contributed by atoms with van der Waals surface area (Å²) in [4.78, 5) is 9.01. The summed E-state index contributed by atoms with van der Waals surface area (Å²) in [7, 11) is 1.89. The average molecular weight is 346 g/mol. The van der Waals surface area contributed by atoms with Gasteiger partial charge in [0.15, 0.2) is 0 Å². The summed E-state index contributed by atoms with van der Waals surface area (Å²) in [5.74, 6) is 0.524. The number of aromatic nitrogens is 6. The first-order valence-electron chi connectivity index (χ1n) is 8.52. The van der Waals surface area contributed by atoms with Crippen molar-refractivity contribution in [2.45, 2.75) is 18.9 Å². The molecular formula is C18H18N8. The molecule has 26 heavy (non-hydrogen) atoms. The minimum Gasteiger partial charge on any atom is -0.398 e. The molecule has 8 heteroatoms. The Kier molecular flexibility index (Phi) is 3.18. The molecule has 0 atom stereocenters. The van der Waals surface area contributed by atoms with E-state index in [9.17, 15) is 0 Å². The van der Waals surface area contributed by atoms with Crippen LogP contribution in [0, 0.1) is 0 Å². The van der Waals surface area contributed by atoms with Gasteiger partial charge < -0.3 is 11.1 Å². The first-order valence-corrected chi connectivity index (χ1v) is 8.52. The van der Waals surface area contributed by atoms with Gasteiger partial charge in [-0.25, -0.2) is 9.97 Å². The van der Waals surface area contributed by atoms with Crippen molar-refractivity contribution in [1.82, 2.24) is 29.5 Å². The second-order valence-corrected chi connectivity index (χ2v) is 6.66. The molecule has 5 rings (SSSR count). The number of nitrogen functional groups attached to an aromatic ring is 1. The number of hydrogen-bond donors (Lipinski definition) is 2. The van der Waals surface area contributed by atoms with E-state index in [0.717, 1.165) is 27.7 Å². The second kappa shape index (κ2) is 5.55. The fourth-order valence-electron chi connectivity index (χ4n) is 3.03. The Morgan fingerprint density at radius 3 is 2.73 bits per heavy atom. The van der Waals surface area contributed by atoms with Gasteiger partial charge in [-0.15, -0.1) is 0 Å². The van der Waals surface area contributed by atoms with Crippen LogP contribution in [-0.4, -0.2) is 29.5 Å². The molecule has 0 amide bonds. The van der Waals surface area contributed by atoms with Gasteiger partial charge >= 0.3 is 0 Å². The zero-order valence-electron chi connectivity index (χ0n) is 14.3. The molecule has 0 aliphatic heterocycles. The number of anilines is 3. The van der Waals surface area contributed by atoms with Gasteiger partial charge in [0, 0.05) is 42.3 Å². The van der Waals surface area contributed by atoms with Crippen LogP contribution in [-0.2, 0) is 7.05 Å². The molecule has 130 valence electrons. The predicted octanol–water partition coefficient (Wildman–Crippen LogP) is 2.89. The summed E-state index contributed by atoms with van der Waals surface area (Å²) < 4.78 is 3.75. The van der Waals surface area contributed by atoms with Gasteiger partial charge in [-0.1, -0.05) is 0 Å². The lowest BCUT2D eigenvalue weighted by Gasteiger charge is -2.07. The first-order chi connectivity index (χ1) is 12.7. The Hall–Kier alpha value is -3.42. The minimum absolute atomic E-state index is 0.524. The normalized spacial score (nSPS) is 14.0. The van der Waals surface area contributed by atoms with Crippen LogP contribution in [0.25, 0.3) is 22.0 Å². The summed E-state index contributed by atoms with van der Waals surface area (Å²) in [6.45, 7) is 0. The molecule has 1 aliphatic carbocycles. The summed E-state index contributed by atoms with van der Waals surface area (Å²) in [6, 6.07) is 4.48. The van der Waals surface area contributed by atoms with Crippen LogP contribution in [0.1, 0.15) is 18.9 Å². The molecule has 1 aliphatic rings. The third kappa shape index (κ3) is 2.65. The van der Waals surface area contributed by atoms with Crippen molar-refractivity contribution in [3.63, 3.8) is 0 Å². The number of hydrogen-bond acceptors (Lipinski definition) is 6. The zero-order valence-corrected chi connectivity index (χ0v) is 14.3. The standard InChI is InChI=1S/C18H18N8/c1-25-9-12(6-21-25)11-4-16(19)15-8-20-18(24-17(15)5-11)23-13-7-22-26(10-13)14-2-3-14/h4-10,14H,2-3,19H2,1H3,(H,20,23,24). The van der Waals surface area contributed by atoms with E-state index in [1.165, 1.54) is 12.8 Å². The topological polar surface area (TPSA) is 99.5 Å². The highest BCUT2D eigenvalue weighted by atomic mass is 15.3. The Morgan fingerprint density at radius 2 is 1.96 bits per heavy atom. The number of aryl methyl sites for hydroxylation is 1. The maximum absolute atomic E-state index is 6.21. The summed E-state index contributed by atoms with van der Waals surface area (Å²) in [6.07, 6.45) is 11.7. The van der Waals surface area contributed by atoms with Crippen LogP contribution in [0.2, 0.25) is 0 Å². The first kappa shape index (κ1) is 14.9. The van der Waals surface area contributed by atoms with Crippen LogP contribution >= 0.6 is 0 Å². The summed E-state index contributed by atoms with van der Waals surface area (Å²) >= 11 is 0. The van der Waals surface area contributed by atoms with Crippen molar-refractivity contribution in [2.75, 3.05) is 11.1 Å². The van der Waals surface area contributed by atoms with Crippen molar-refractivity contribution < 1.29 is 0 Å². The number of nitrogens with two attached hydrogens (primary N) is 1. The molecule has 3 N–H and O–H groups in total. The smallest absolute Gasteiger partial charge is 0.227 e. The van der Waals surface area contributed by atoms with Gasteiger partial charge in [0.1, 0.15) is 0 Å². The molecule has 1 fully saturated rings. The fraction of sp³-hybridized carbons (Fsp3) is 0.222. The van der Waals surface area contributed by atoms with E-state index in [2.05, 4.69) is 25.5 Å². The SMILES string of the molecule is Cn1cc(-c2cc(N)c3cnc(Nc4cnn(C5CC5)c4)nc3c2)cn1. The van der Waals surface area contributed by atoms with Crippen molar-refractivity contribution in [1.29, 1.82) is 0 Å². The highest BCUT2D eigenvalue weighted by Crippen LogP contribution is 2.35. The Labute approximate surface area is 149 Å².